The number of anilines is 2. The number of nitrogens with two attached hydrogens (primary N) is 2. The predicted octanol–water partition coefficient (Wildman–Crippen LogP) is 0.442. The molecule has 0 aliphatic carbocycles. The van der Waals surface area contributed by atoms with Gasteiger partial charge < -0.3 is 37.1 Å². The van der Waals surface area contributed by atoms with Crippen LogP contribution in [0.3, 0.4) is 0 Å². The number of carbonyl (C=O) groups is 3. The van der Waals surface area contributed by atoms with Gasteiger partial charge in [-0.15, -0.1) is 0 Å². The van der Waals surface area contributed by atoms with Crippen molar-refractivity contribution in [3.8, 4) is 5.75 Å². The zero-order valence-electron chi connectivity index (χ0n) is 16.7. The van der Waals surface area contributed by atoms with E-state index in [9.17, 15) is 22.8 Å². The number of aromatic carboxylic acids is 1. The second kappa shape index (κ2) is 11.5. The number of carboxylic acid groups (broad SMARTS) is 2. The molecule has 0 aliphatic rings. The lowest BCUT2D eigenvalue weighted by Crippen LogP contribution is -2.43. The first-order valence-corrected chi connectivity index (χ1v) is 10.1. The number of nitrogens with one attached hydrogen (secondary N) is 2. The summed E-state index contributed by atoms with van der Waals surface area (Å²) in [5.74, 6) is -2.29. The van der Waals surface area contributed by atoms with Gasteiger partial charge >= 0.3 is 18.0 Å². The van der Waals surface area contributed by atoms with E-state index in [4.69, 9.17) is 31.0 Å². The number of ether oxygens (including phenoxy) is 1. The number of amides is 2. The van der Waals surface area contributed by atoms with Crippen molar-refractivity contribution in [2.45, 2.75) is 10.9 Å². The first-order chi connectivity index (χ1) is 14.8. The summed E-state index contributed by atoms with van der Waals surface area (Å²) >= 11 is 0. The molecule has 0 saturated heterocycles. The highest BCUT2D eigenvalue weighted by Gasteiger charge is 2.15. The molecule has 13 nitrogen and oxygen atoms in total. The molecule has 9 N–H and O–H groups in total. The number of aliphatic carboxylic acids is 1. The third-order valence-corrected chi connectivity index (χ3v) is 4.49. The van der Waals surface area contributed by atoms with E-state index < -0.39 is 34.1 Å². The zero-order chi connectivity index (χ0) is 24.5. The average Bonchev–Trinajstić information content (AvgIpc) is 2.71. The number of benzene rings is 2. The van der Waals surface area contributed by atoms with Crippen LogP contribution < -0.4 is 26.8 Å². The number of carbonyl (C=O) groups excluding carboxylic acids is 1. The number of hydrogen-bond acceptors (Lipinski definition) is 8. The molecule has 32 heavy (non-hydrogen) atoms. The maximum absolute atomic E-state index is 11.5. The molecule has 0 aliphatic heterocycles. The van der Waals surface area contributed by atoms with Gasteiger partial charge in [-0.1, -0.05) is 6.07 Å². The van der Waals surface area contributed by atoms with E-state index in [-0.39, 0.29) is 28.4 Å². The van der Waals surface area contributed by atoms with Crippen LogP contribution in [-0.2, 0) is 14.9 Å². The number of hydrogen-bond donors (Lipinski definition) is 7. The summed E-state index contributed by atoms with van der Waals surface area (Å²) in [4.78, 5) is 32.8. The van der Waals surface area contributed by atoms with Crippen molar-refractivity contribution in [1.29, 1.82) is 0 Å². The number of methoxy groups -OCH3 is 1. The van der Waals surface area contributed by atoms with Crippen LogP contribution in [0.4, 0.5) is 16.2 Å². The molecule has 2 aromatic rings. The highest BCUT2D eigenvalue weighted by molar-refractivity contribution is 7.85. The van der Waals surface area contributed by atoms with Gasteiger partial charge in [0.1, 0.15) is 17.4 Å². The van der Waals surface area contributed by atoms with E-state index in [0.29, 0.717) is 5.69 Å². The Morgan fingerprint density at radius 3 is 2.25 bits per heavy atom. The van der Waals surface area contributed by atoms with Crippen molar-refractivity contribution in [2.75, 3.05) is 24.7 Å². The topological polar surface area (TPSA) is 231 Å². The molecular weight excluding hydrogens is 448 g/mol. The second-order valence-corrected chi connectivity index (χ2v) is 7.47. The lowest BCUT2D eigenvalue weighted by molar-refractivity contribution is -0.138. The molecule has 0 fully saturated rings. The van der Waals surface area contributed by atoms with E-state index in [1.54, 1.807) is 0 Å². The summed E-state index contributed by atoms with van der Waals surface area (Å²) in [5, 5.41) is 22.2. The molecule has 0 heterocycles. The number of urea groups is 1. The monoisotopic (exact) mass is 470 g/mol. The largest absolute Gasteiger partial charge is 0.496 e. The minimum Gasteiger partial charge on any atom is -0.496 e. The van der Waals surface area contributed by atoms with Gasteiger partial charge in [0.2, 0.25) is 0 Å². The highest BCUT2D eigenvalue weighted by Crippen LogP contribution is 2.22. The minimum atomic E-state index is -4.11. The number of rotatable bonds is 7. The molecule has 0 saturated carbocycles. The van der Waals surface area contributed by atoms with Gasteiger partial charge in [0.15, 0.2) is 0 Å². The molecule has 1 atom stereocenters. The van der Waals surface area contributed by atoms with Crippen molar-refractivity contribution < 1.29 is 42.3 Å². The quantitative estimate of drug-likeness (QED) is 0.217. The van der Waals surface area contributed by atoms with Crippen molar-refractivity contribution in [1.82, 2.24) is 5.32 Å². The lowest BCUT2D eigenvalue weighted by atomic mass is 10.2. The van der Waals surface area contributed by atoms with E-state index in [1.807, 2.05) is 0 Å². The second-order valence-electron chi connectivity index (χ2n) is 6.05. The van der Waals surface area contributed by atoms with E-state index in [1.165, 1.54) is 49.6 Å². The van der Waals surface area contributed by atoms with E-state index >= 15 is 0 Å². The molecule has 0 radical (unpaired) electrons. The third kappa shape index (κ3) is 8.47. The Morgan fingerprint density at radius 2 is 1.78 bits per heavy atom. The predicted molar refractivity (Wildman–Crippen MR) is 113 cm³/mol. The van der Waals surface area contributed by atoms with Crippen LogP contribution in [0, 0.1) is 0 Å². The van der Waals surface area contributed by atoms with Gasteiger partial charge in [-0.05, 0) is 36.4 Å². The minimum absolute atomic E-state index is 0.113. The smallest absolute Gasteiger partial charge is 0.339 e. The highest BCUT2D eigenvalue weighted by atomic mass is 32.2. The normalized spacial score (nSPS) is 11.3. The van der Waals surface area contributed by atoms with E-state index in [0.717, 1.165) is 0 Å². The van der Waals surface area contributed by atoms with Crippen LogP contribution in [0.5, 0.6) is 5.75 Å². The van der Waals surface area contributed by atoms with Crippen molar-refractivity contribution in [3.63, 3.8) is 0 Å². The Balaban J connectivity index is 0.000000389. The van der Waals surface area contributed by atoms with Gasteiger partial charge in [-0.2, -0.15) is 8.42 Å². The molecule has 174 valence electrons. The molecular formula is C18H22N4O9S. The van der Waals surface area contributed by atoms with Gasteiger partial charge in [0, 0.05) is 17.9 Å². The summed E-state index contributed by atoms with van der Waals surface area (Å²) < 4.78 is 34.4. The Hall–Kier alpha value is -3.88. The van der Waals surface area contributed by atoms with Crippen LogP contribution in [0.15, 0.2) is 47.4 Å². The molecule has 0 spiro atoms. The standard InChI is InChI=1S/C12H15N3O6.C6H7NO3S/c1-21-9-3-2-6(4-7(9)10(16)17)15-12(20)14-5-8(13)11(18)19;7-5-2-1-3-6(4-5)11(8,9)10/h2-4,8H,5,13H2,1H3,(H,16,17)(H,18,19)(H2,14,15,20);1-4H,7H2,(H,8,9,10)/t8-;/m0./s1. The first kappa shape index (κ1) is 26.2. The molecule has 2 aromatic carbocycles. The molecule has 2 rings (SSSR count). The van der Waals surface area contributed by atoms with Crippen LogP contribution >= 0.6 is 0 Å². The fraction of sp³-hybridized carbons (Fsp3) is 0.167. The Kier molecular flexibility index (Phi) is 9.40. The molecule has 2 amide bonds. The van der Waals surface area contributed by atoms with E-state index in [2.05, 4.69) is 10.6 Å². The molecule has 0 unspecified atom stereocenters. The summed E-state index contributed by atoms with van der Waals surface area (Å²) in [6.45, 7) is -0.261. The maximum atomic E-state index is 11.5. The van der Waals surface area contributed by atoms with Crippen molar-refractivity contribution in [2.24, 2.45) is 5.73 Å². The van der Waals surface area contributed by atoms with Gasteiger partial charge in [-0.3, -0.25) is 9.35 Å². The third-order valence-electron chi connectivity index (χ3n) is 3.64. The number of carboxylic acids is 2. The summed E-state index contributed by atoms with van der Waals surface area (Å²) in [6, 6.07) is 7.59. The number of nitrogen functional groups attached to an aromatic ring is 1. The van der Waals surface area contributed by atoms with Gasteiger partial charge in [0.05, 0.1) is 12.0 Å². The van der Waals surface area contributed by atoms with Crippen LogP contribution in [0.25, 0.3) is 0 Å². The molecule has 0 bridgehead atoms. The van der Waals surface area contributed by atoms with Gasteiger partial charge in [0.25, 0.3) is 10.1 Å². The van der Waals surface area contributed by atoms with Gasteiger partial charge in [-0.25, -0.2) is 9.59 Å². The summed E-state index contributed by atoms with van der Waals surface area (Å²) in [6.07, 6.45) is 0. The fourth-order valence-corrected chi connectivity index (χ4v) is 2.63. The Morgan fingerprint density at radius 1 is 1.12 bits per heavy atom. The van der Waals surface area contributed by atoms with Crippen LogP contribution in [0.1, 0.15) is 10.4 Å². The maximum Gasteiger partial charge on any atom is 0.339 e. The SMILES string of the molecule is COc1ccc(NC(=O)NC[C@H](N)C(=O)O)cc1C(=O)O.Nc1cccc(S(=O)(=O)O)c1. The zero-order valence-corrected chi connectivity index (χ0v) is 17.5. The van der Waals surface area contributed by atoms with Crippen LogP contribution in [0.2, 0.25) is 0 Å². The molecule has 14 heteroatoms. The Labute approximate surface area is 182 Å². The average molecular weight is 470 g/mol. The van der Waals surface area contributed by atoms with Crippen LogP contribution in [-0.4, -0.2) is 60.8 Å². The summed E-state index contributed by atoms with van der Waals surface area (Å²) in [5.41, 5.74) is 10.9. The fourth-order valence-electron chi connectivity index (χ4n) is 2.09. The van der Waals surface area contributed by atoms with Crippen molar-refractivity contribution in [3.05, 3.63) is 48.0 Å². The Bertz CT molecular complexity index is 1090. The first-order valence-electron chi connectivity index (χ1n) is 8.62. The molecule has 0 aromatic heterocycles. The van der Waals surface area contributed by atoms with Crippen molar-refractivity contribution >= 4 is 39.5 Å². The summed E-state index contributed by atoms with van der Waals surface area (Å²) in [7, 11) is -2.78. The lowest BCUT2D eigenvalue weighted by Gasteiger charge is -2.11.